The first-order chi connectivity index (χ1) is 8.58. The highest BCUT2D eigenvalue weighted by atomic mass is 35.5. The van der Waals surface area contributed by atoms with Gasteiger partial charge in [-0.15, -0.1) is 0 Å². The third-order valence-corrected chi connectivity index (χ3v) is 4.01. The van der Waals surface area contributed by atoms with Gasteiger partial charge < -0.3 is 4.57 Å². The first-order valence-corrected chi connectivity index (χ1v) is 7.16. The van der Waals surface area contributed by atoms with Crippen LogP contribution >= 0.6 is 11.6 Å². The number of rotatable bonds is 5. The Kier molecular flexibility index (Phi) is 4.00. The fourth-order valence-electron chi connectivity index (χ4n) is 1.43. The van der Waals surface area contributed by atoms with E-state index in [1.807, 2.05) is 29.1 Å². The highest BCUT2D eigenvalue weighted by Crippen LogP contribution is 2.10. The van der Waals surface area contributed by atoms with E-state index >= 15 is 0 Å². The predicted octanol–water partition coefficient (Wildman–Crippen LogP) is 1.51. The molecule has 96 valence electrons. The molecule has 0 radical (unpaired) electrons. The average Bonchev–Trinajstić information content (AvgIpc) is 2.82. The molecule has 1 N–H and O–H groups in total. The maximum atomic E-state index is 11.9. The molecule has 0 aliphatic heterocycles. The van der Waals surface area contributed by atoms with Gasteiger partial charge in [-0.05, 0) is 24.3 Å². The highest BCUT2D eigenvalue weighted by Gasteiger charge is 2.13. The van der Waals surface area contributed by atoms with Gasteiger partial charge in [-0.25, -0.2) is 18.1 Å². The molecule has 0 atom stereocenters. The summed E-state index contributed by atoms with van der Waals surface area (Å²) in [5.74, 6) is 0. The van der Waals surface area contributed by atoms with Gasteiger partial charge in [-0.3, -0.25) is 0 Å². The molecule has 0 unspecified atom stereocenters. The van der Waals surface area contributed by atoms with Gasteiger partial charge in [0.15, 0.2) is 0 Å². The van der Waals surface area contributed by atoms with E-state index in [0.717, 1.165) is 0 Å². The van der Waals surface area contributed by atoms with E-state index in [4.69, 9.17) is 11.6 Å². The van der Waals surface area contributed by atoms with E-state index in [2.05, 4.69) is 9.71 Å². The van der Waals surface area contributed by atoms with E-state index in [9.17, 15) is 8.42 Å². The minimum Gasteiger partial charge on any atom is -0.353 e. The van der Waals surface area contributed by atoms with Crippen LogP contribution in [0.25, 0.3) is 0 Å². The van der Waals surface area contributed by atoms with E-state index in [0.29, 0.717) is 13.1 Å². The second-order valence-electron chi connectivity index (χ2n) is 3.64. The van der Waals surface area contributed by atoms with Crippen molar-refractivity contribution in [3.8, 4) is 0 Å². The molecule has 2 rings (SSSR count). The van der Waals surface area contributed by atoms with Gasteiger partial charge in [0.2, 0.25) is 10.0 Å². The molecule has 0 saturated carbocycles. The molecule has 7 heteroatoms. The summed E-state index contributed by atoms with van der Waals surface area (Å²) in [6.07, 6.45) is 4.98. The Bertz CT molecular complexity index is 594. The average molecular weight is 286 g/mol. The minimum atomic E-state index is -3.51. The molecule has 0 saturated heterocycles. The Hall–Kier alpha value is -1.37. The van der Waals surface area contributed by atoms with Crippen molar-refractivity contribution in [1.29, 1.82) is 0 Å². The Morgan fingerprint density at radius 3 is 2.61 bits per heavy atom. The van der Waals surface area contributed by atoms with Crippen molar-refractivity contribution in [3.63, 3.8) is 0 Å². The van der Waals surface area contributed by atoms with Crippen LogP contribution in [0.15, 0.2) is 47.8 Å². The van der Waals surface area contributed by atoms with Crippen LogP contribution in [0.2, 0.25) is 5.15 Å². The van der Waals surface area contributed by atoms with Crippen LogP contribution in [-0.2, 0) is 16.6 Å². The maximum absolute atomic E-state index is 11.9. The zero-order valence-electron chi connectivity index (χ0n) is 9.45. The van der Waals surface area contributed by atoms with Gasteiger partial charge in [-0.1, -0.05) is 11.6 Å². The van der Waals surface area contributed by atoms with Crippen molar-refractivity contribution in [2.24, 2.45) is 0 Å². The lowest BCUT2D eigenvalue weighted by Gasteiger charge is -2.07. The normalized spacial score (nSPS) is 11.6. The fraction of sp³-hybridized carbons (Fsp3) is 0.182. The number of hydrogen-bond acceptors (Lipinski definition) is 3. The van der Waals surface area contributed by atoms with Crippen molar-refractivity contribution < 1.29 is 8.42 Å². The summed E-state index contributed by atoms with van der Waals surface area (Å²) >= 11 is 5.60. The lowest BCUT2D eigenvalue weighted by molar-refractivity contribution is 0.573. The van der Waals surface area contributed by atoms with Crippen LogP contribution in [0.4, 0.5) is 0 Å². The summed E-state index contributed by atoms with van der Waals surface area (Å²) in [5, 5.41) is 0.265. The molecular weight excluding hydrogens is 274 g/mol. The molecule has 0 fully saturated rings. The topological polar surface area (TPSA) is 64.0 Å². The molecule has 2 aromatic heterocycles. The number of sulfonamides is 1. The fourth-order valence-corrected chi connectivity index (χ4v) is 2.51. The lowest BCUT2D eigenvalue weighted by atomic mass is 10.5. The molecule has 18 heavy (non-hydrogen) atoms. The van der Waals surface area contributed by atoms with Crippen LogP contribution in [0, 0.1) is 0 Å². The van der Waals surface area contributed by atoms with Gasteiger partial charge >= 0.3 is 0 Å². The zero-order chi connectivity index (χ0) is 13.0. The van der Waals surface area contributed by atoms with Gasteiger partial charge in [0.1, 0.15) is 10.0 Å². The van der Waals surface area contributed by atoms with Gasteiger partial charge in [-0.2, -0.15) is 0 Å². The summed E-state index contributed by atoms with van der Waals surface area (Å²) in [6, 6.07) is 6.64. The molecule has 2 aromatic rings. The van der Waals surface area contributed by atoms with Crippen LogP contribution in [0.5, 0.6) is 0 Å². The van der Waals surface area contributed by atoms with E-state index < -0.39 is 10.0 Å². The Labute approximate surface area is 110 Å². The van der Waals surface area contributed by atoms with Crippen molar-refractivity contribution in [1.82, 2.24) is 14.3 Å². The molecule has 2 heterocycles. The summed E-state index contributed by atoms with van der Waals surface area (Å²) in [6.45, 7) is 0.896. The zero-order valence-corrected chi connectivity index (χ0v) is 11.0. The van der Waals surface area contributed by atoms with Crippen molar-refractivity contribution in [3.05, 3.63) is 48.0 Å². The van der Waals surface area contributed by atoms with Gasteiger partial charge in [0.05, 0.1) is 0 Å². The number of pyridine rings is 1. The second-order valence-corrected chi connectivity index (χ2v) is 5.79. The molecule has 0 aliphatic carbocycles. The van der Waals surface area contributed by atoms with Crippen molar-refractivity contribution in [2.45, 2.75) is 11.4 Å². The van der Waals surface area contributed by atoms with E-state index in [-0.39, 0.29) is 10.0 Å². The Balaban J connectivity index is 1.97. The smallest absolute Gasteiger partial charge is 0.242 e. The third-order valence-electron chi connectivity index (χ3n) is 2.34. The minimum absolute atomic E-state index is 0.111. The summed E-state index contributed by atoms with van der Waals surface area (Å²) in [4.78, 5) is 3.86. The quantitative estimate of drug-likeness (QED) is 0.847. The van der Waals surface area contributed by atoms with E-state index in [1.54, 1.807) is 0 Å². The highest BCUT2D eigenvalue weighted by molar-refractivity contribution is 7.89. The number of aromatic nitrogens is 2. The van der Waals surface area contributed by atoms with Gasteiger partial charge in [0.25, 0.3) is 0 Å². The summed E-state index contributed by atoms with van der Waals surface area (Å²) in [5.41, 5.74) is 0. The monoisotopic (exact) mass is 285 g/mol. The SMILES string of the molecule is O=S(=O)(NCCn1cccc1)c1ccc(Cl)nc1. The maximum Gasteiger partial charge on any atom is 0.242 e. The number of nitrogens with zero attached hydrogens (tertiary/aromatic N) is 2. The Morgan fingerprint density at radius 2 is 2.00 bits per heavy atom. The van der Waals surface area contributed by atoms with Crippen molar-refractivity contribution in [2.75, 3.05) is 6.54 Å². The molecule has 0 spiro atoms. The van der Waals surface area contributed by atoms with Crippen LogP contribution in [0.3, 0.4) is 0 Å². The van der Waals surface area contributed by atoms with Crippen molar-refractivity contribution >= 4 is 21.6 Å². The number of hydrogen-bond donors (Lipinski definition) is 1. The van der Waals surface area contributed by atoms with Gasteiger partial charge in [0, 0.05) is 31.7 Å². The summed E-state index contributed by atoms with van der Waals surface area (Å²) in [7, 11) is -3.51. The molecule has 0 amide bonds. The first-order valence-electron chi connectivity index (χ1n) is 5.30. The molecular formula is C11H12ClN3O2S. The largest absolute Gasteiger partial charge is 0.353 e. The molecule has 5 nitrogen and oxygen atoms in total. The predicted molar refractivity (Wildman–Crippen MR) is 68.9 cm³/mol. The molecule has 0 bridgehead atoms. The third kappa shape index (κ3) is 3.32. The molecule has 0 aromatic carbocycles. The lowest BCUT2D eigenvalue weighted by Crippen LogP contribution is -2.27. The Morgan fingerprint density at radius 1 is 1.28 bits per heavy atom. The van der Waals surface area contributed by atoms with Crippen LogP contribution in [-0.4, -0.2) is 24.5 Å². The number of halogens is 1. The van der Waals surface area contributed by atoms with Crippen LogP contribution in [0.1, 0.15) is 0 Å². The number of nitrogens with one attached hydrogen (secondary N) is 1. The van der Waals surface area contributed by atoms with Crippen LogP contribution < -0.4 is 4.72 Å². The summed E-state index contributed by atoms with van der Waals surface area (Å²) < 4.78 is 28.1. The standard InChI is InChI=1S/C11H12ClN3O2S/c12-11-4-3-10(9-13-11)18(16,17)14-5-8-15-6-1-2-7-15/h1-4,6-7,9,14H,5,8H2. The molecule has 0 aliphatic rings. The van der Waals surface area contributed by atoms with E-state index in [1.165, 1.54) is 18.3 Å². The first kappa shape index (κ1) is 13.1. The second kappa shape index (κ2) is 5.51.